The maximum absolute atomic E-state index is 13.0. The number of amides is 1. The second kappa shape index (κ2) is 8.14. The lowest BCUT2D eigenvalue weighted by Crippen LogP contribution is -2.29. The first-order valence-electron chi connectivity index (χ1n) is 10.0. The standard InChI is InChI=1S/C25H23NO5/c1-15(2)16-6-10-18(11-7-16)26-22(20-5-4-14-31-20)21(24(28)25(26)29)23(27)17-8-12-19(30-3)13-9-17/h4-15,22,27H,1-3H3/b23-21-. The number of aliphatic hydroxyl groups excluding tert-OH is 1. The van der Waals surface area contributed by atoms with Crippen molar-refractivity contribution in [3.63, 3.8) is 0 Å². The number of nitrogens with zero attached hydrogens (tertiary/aromatic N) is 1. The fourth-order valence-electron chi connectivity index (χ4n) is 3.74. The minimum atomic E-state index is -0.873. The molecule has 1 aliphatic heterocycles. The average molecular weight is 417 g/mol. The van der Waals surface area contributed by atoms with Gasteiger partial charge in [-0.25, -0.2) is 0 Å². The van der Waals surface area contributed by atoms with Crippen LogP contribution in [0.5, 0.6) is 5.75 Å². The third kappa shape index (κ3) is 3.61. The quantitative estimate of drug-likeness (QED) is 0.357. The molecule has 3 aromatic rings. The topological polar surface area (TPSA) is 80.0 Å². The highest BCUT2D eigenvalue weighted by molar-refractivity contribution is 6.51. The van der Waals surface area contributed by atoms with E-state index in [1.807, 2.05) is 24.3 Å². The minimum absolute atomic E-state index is 0.0157. The molecule has 0 spiro atoms. The molecule has 1 N–H and O–H groups in total. The second-order valence-electron chi connectivity index (χ2n) is 7.66. The number of Topliss-reactive ketones (excluding diaryl/α,β-unsaturated/α-hetero) is 1. The van der Waals surface area contributed by atoms with Crippen LogP contribution in [-0.4, -0.2) is 23.9 Å². The van der Waals surface area contributed by atoms with Crippen molar-refractivity contribution in [1.29, 1.82) is 0 Å². The van der Waals surface area contributed by atoms with Gasteiger partial charge >= 0.3 is 0 Å². The molecule has 0 radical (unpaired) electrons. The van der Waals surface area contributed by atoms with E-state index < -0.39 is 17.7 Å². The molecule has 1 saturated heterocycles. The van der Waals surface area contributed by atoms with Crippen LogP contribution >= 0.6 is 0 Å². The number of ether oxygens (including phenoxy) is 1. The van der Waals surface area contributed by atoms with Gasteiger partial charge in [-0.3, -0.25) is 14.5 Å². The number of anilines is 1. The van der Waals surface area contributed by atoms with Gasteiger partial charge in [-0.15, -0.1) is 0 Å². The largest absolute Gasteiger partial charge is 0.507 e. The fourth-order valence-corrected chi connectivity index (χ4v) is 3.74. The molecule has 6 heteroatoms. The Morgan fingerprint density at radius 2 is 1.71 bits per heavy atom. The van der Waals surface area contributed by atoms with Crippen molar-refractivity contribution < 1.29 is 23.8 Å². The molecule has 1 aliphatic rings. The maximum Gasteiger partial charge on any atom is 0.300 e. The lowest BCUT2D eigenvalue weighted by atomic mass is 9.98. The summed E-state index contributed by atoms with van der Waals surface area (Å²) in [6.45, 7) is 4.16. The third-order valence-electron chi connectivity index (χ3n) is 5.46. The second-order valence-corrected chi connectivity index (χ2v) is 7.66. The monoisotopic (exact) mass is 417 g/mol. The molecular formula is C25H23NO5. The number of hydrogen-bond donors (Lipinski definition) is 1. The highest BCUT2D eigenvalue weighted by atomic mass is 16.5. The van der Waals surface area contributed by atoms with E-state index in [0.717, 1.165) is 5.56 Å². The smallest absolute Gasteiger partial charge is 0.300 e. The zero-order chi connectivity index (χ0) is 22.1. The number of benzene rings is 2. The van der Waals surface area contributed by atoms with Crippen LogP contribution in [0.4, 0.5) is 5.69 Å². The number of rotatable bonds is 5. The molecule has 1 fully saturated rings. The molecule has 31 heavy (non-hydrogen) atoms. The number of furan rings is 1. The molecule has 6 nitrogen and oxygen atoms in total. The van der Waals surface area contributed by atoms with Crippen molar-refractivity contribution in [3.8, 4) is 5.75 Å². The summed E-state index contributed by atoms with van der Waals surface area (Å²) in [7, 11) is 1.54. The molecule has 2 heterocycles. The molecule has 0 bridgehead atoms. The van der Waals surface area contributed by atoms with Crippen LogP contribution in [0, 0.1) is 0 Å². The van der Waals surface area contributed by atoms with E-state index in [0.29, 0.717) is 28.7 Å². The Morgan fingerprint density at radius 3 is 2.26 bits per heavy atom. The van der Waals surface area contributed by atoms with E-state index >= 15 is 0 Å². The van der Waals surface area contributed by atoms with Crippen LogP contribution in [0.1, 0.15) is 42.7 Å². The number of methoxy groups -OCH3 is 1. The summed E-state index contributed by atoms with van der Waals surface area (Å²) in [4.78, 5) is 27.5. The summed E-state index contributed by atoms with van der Waals surface area (Å²) >= 11 is 0. The highest BCUT2D eigenvalue weighted by Crippen LogP contribution is 2.42. The Hall–Kier alpha value is -3.80. The molecule has 1 amide bonds. The van der Waals surface area contributed by atoms with Gasteiger partial charge in [0.25, 0.3) is 11.7 Å². The molecule has 0 aliphatic carbocycles. The molecular weight excluding hydrogens is 394 g/mol. The van der Waals surface area contributed by atoms with Gasteiger partial charge in [-0.1, -0.05) is 26.0 Å². The van der Waals surface area contributed by atoms with E-state index in [1.165, 1.54) is 11.2 Å². The lowest BCUT2D eigenvalue weighted by Gasteiger charge is -2.23. The van der Waals surface area contributed by atoms with E-state index in [4.69, 9.17) is 9.15 Å². The molecule has 158 valence electrons. The zero-order valence-corrected chi connectivity index (χ0v) is 17.5. The summed E-state index contributed by atoms with van der Waals surface area (Å²) in [6.07, 6.45) is 1.48. The summed E-state index contributed by atoms with van der Waals surface area (Å²) in [6, 6.07) is 16.6. The van der Waals surface area contributed by atoms with Gasteiger partial charge in [0.15, 0.2) is 0 Å². The van der Waals surface area contributed by atoms with Gasteiger partial charge in [0.1, 0.15) is 23.3 Å². The molecule has 0 saturated carbocycles. The van der Waals surface area contributed by atoms with Gasteiger partial charge in [0.2, 0.25) is 0 Å². The van der Waals surface area contributed by atoms with Gasteiger partial charge < -0.3 is 14.3 Å². The van der Waals surface area contributed by atoms with Crippen molar-refractivity contribution in [3.05, 3.63) is 89.4 Å². The molecule has 1 aromatic heterocycles. The van der Waals surface area contributed by atoms with Crippen LogP contribution in [0.15, 0.2) is 76.9 Å². The third-order valence-corrected chi connectivity index (χ3v) is 5.46. The van der Waals surface area contributed by atoms with Crippen molar-refractivity contribution in [1.82, 2.24) is 0 Å². The van der Waals surface area contributed by atoms with Crippen LogP contribution in [0.3, 0.4) is 0 Å². The molecule has 2 aromatic carbocycles. The van der Waals surface area contributed by atoms with Crippen LogP contribution < -0.4 is 9.64 Å². The van der Waals surface area contributed by atoms with Crippen LogP contribution in [0.25, 0.3) is 5.76 Å². The Bertz CT molecular complexity index is 1130. The Morgan fingerprint density at radius 1 is 1.03 bits per heavy atom. The predicted octanol–water partition coefficient (Wildman–Crippen LogP) is 5.04. The Labute approximate surface area is 180 Å². The number of hydrogen-bond acceptors (Lipinski definition) is 5. The Kier molecular flexibility index (Phi) is 5.38. The van der Waals surface area contributed by atoms with Crippen molar-refractivity contribution in [2.24, 2.45) is 0 Å². The van der Waals surface area contributed by atoms with Crippen molar-refractivity contribution >= 4 is 23.1 Å². The summed E-state index contributed by atoms with van der Waals surface area (Å²) in [5.74, 6) is -0.396. The van der Waals surface area contributed by atoms with Crippen LogP contribution in [0.2, 0.25) is 0 Å². The molecule has 4 rings (SSSR count). The van der Waals surface area contributed by atoms with Gasteiger partial charge in [-0.2, -0.15) is 0 Å². The van der Waals surface area contributed by atoms with E-state index in [2.05, 4.69) is 13.8 Å². The Balaban J connectivity index is 1.85. The maximum atomic E-state index is 13.0. The normalized spacial score (nSPS) is 18.1. The highest BCUT2D eigenvalue weighted by Gasteiger charge is 2.48. The summed E-state index contributed by atoms with van der Waals surface area (Å²) in [5.41, 5.74) is 2.07. The zero-order valence-electron chi connectivity index (χ0n) is 17.5. The first-order chi connectivity index (χ1) is 14.9. The number of carbonyl (C=O) groups is 2. The summed E-state index contributed by atoms with van der Waals surface area (Å²) < 4.78 is 10.7. The van der Waals surface area contributed by atoms with Gasteiger partial charge in [0, 0.05) is 11.3 Å². The first kappa shape index (κ1) is 20.5. The minimum Gasteiger partial charge on any atom is -0.507 e. The summed E-state index contributed by atoms with van der Waals surface area (Å²) in [5, 5.41) is 11.0. The first-order valence-corrected chi connectivity index (χ1v) is 10.0. The van der Waals surface area contributed by atoms with Gasteiger partial charge in [0.05, 0.1) is 18.9 Å². The number of ketones is 1. The molecule has 1 unspecified atom stereocenters. The number of carbonyl (C=O) groups excluding carboxylic acids is 2. The molecule has 1 atom stereocenters. The van der Waals surface area contributed by atoms with Gasteiger partial charge in [-0.05, 0) is 60.0 Å². The average Bonchev–Trinajstić information content (AvgIpc) is 3.40. The number of aliphatic hydroxyl groups is 1. The van der Waals surface area contributed by atoms with Crippen LogP contribution in [-0.2, 0) is 9.59 Å². The predicted molar refractivity (Wildman–Crippen MR) is 117 cm³/mol. The SMILES string of the molecule is COc1ccc(/C(O)=C2/C(=O)C(=O)N(c3ccc(C(C)C)cc3)C2c2ccco2)cc1. The lowest BCUT2D eigenvalue weighted by molar-refractivity contribution is -0.132. The fraction of sp³-hybridized carbons (Fsp3) is 0.200. The van der Waals surface area contributed by atoms with E-state index in [1.54, 1.807) is 43.5 Å². The van der Waals surface area contributed by atoms with Crippen molar-refractivity contribution in [2.45, 2.75) is 25.8 Å². The van der Waals surface area contributed by atoms with E-state index in [9.17, 15) is 14.7 Å². The van der Waals surface area contributed by atoms with E-state index in [-0.39, 0.29) is 11.3 Å². The van der Waals surface area contributed by atoms with Crippen molar-refractivity contribution in [2.75, 3.05) is 12.0 Å².